The van der Waals surface area contributed by atoms with E-state index in [4.69, 9.17) is 16.3 Å². The lowest BCUT2D eigenvalue weighted by Gasteiger charge is -2.26. The van der Waals surface area contributed by atoms with Crippen LogP contribution in [-0.4, -0.2) is 18.8 Å². The van der Waals surface area contributed by atoms with E-state index >= 15 is 0 Å². The summed E-state index contributed by atoms with van der Waals surface area (Å²) >= 11 is 7.67. The maximum absolute atomic E-state index is 13.3. The lowest BCUT2D eigenvalue weighted by Crippen LogP contribution is -2.28. The molecule has 2 aromatic rings. The van der Waals surface area contributed by atoms with Gasteiger partial charge in [-0.05, 0) is 42.8 Å². The monoisotopic (exact) mass is 351 g/mol. The van der Waals surface area contributed by atoms with Crippen molar-refractivity contribution in [2.45, 2.75) is 12.3 Å². The van der Waals surface area contributed by atoms with Gasteiger partial charge in [0.25, 0.3) is 0 Å². The Morgan fingerprint density at radius 3 is 2.74 bits per heavy atom. The highest BCUT2D eigenvalue weighted by Crippen LogP contribution is 2.45. The van der Waals surface area contributed by atoms with E-state index in [0.717, 1.165) is 22.6 Å². The van der Waals surface area contributed by atoms with Gasteiger partial charge in [0, 0.05) is 16.3 Å². The first kappa shape index (κ1) is 16.1. The Bertz CT molecular complexity index is 768. The Morgan fingerprint density at radius 1 is 1.30 bits per heavy atom. The fraction of sp³-hybridized carbons (Fsp3) is 0.235. The highest BCUT2D eigenvalue weighted by Gasteiger charge is 2.36. The molecule has 1 unspecified atom stereocenters. The van der Waals surface area contributed by atoms with Crippen molar-refractivity contribution in [2.75, 3.05) is 17.8 Å². The van der Waals surface area contributed by atoms with E-state index < -0.39 is 0 Å². The van der Waals surface area contributed by atoms with Gasteiger partial charge in [-0.1, -0.05) is 17.7 Å². The molecule has 1 aliphatic rings. The molecule has 0 aromatic heterocycles. The minimum absolute atomic E-state index is 0.00802. The highest BCUT2D eigenvalue weighted by atomic mass is 35.5. The summed E-state index contributed by atoms with van der Waals surface area (Å²) in [6.45, 7) is 1.93. The number of aryl methyl sites for hydroxylation is 1. The summed E-state index contributed by atoms with van der Waals surface area (Å²) in [6, 6.07) is 9.85. The molecule has 6 heteroatoms. The predicted molar refractivity (Wildman–Crippen MR) is 91.8 cm³/mol. The molecule has 0 radical (unpaired) electrons. The molecule has 0 bridgehead atoms. The first-order valence-corrected chi connectivity index (χ1v) is 8.47. The number of amides is 1. The van der Waals surface area contributed by atoms with Crippen LogP contribution in [0, 0.1) is 12.7 Å². The molecule has 0 aliphatic carbocycles. The number of rotatable bonds is 3. The van der Waals surface area contributed by atoms with Crippen molar-refractivity contribution in [1.82, 2.24) is 0 Å². The van der Waals surface area contributed by atoms with Crippen LogP contribution >= 0.6 is 23.4 Å². The Morgan fingerprint density at radius 2 is 2.09 bits per heavy atom. The van der Waals surface area contributed by atoms with Gasteiger partial charge in [-0.3, -0.25) is 9.69 Å². The van der Waals surface area contributed by atoms with E-state index in [1.54, 1.807) is 18.1 Å². The smallest absolute Gasteiger partial charge is 0.238 e. The molecule has 0 N–H and O–H groups in total. The standard InChI is InChI=1S/C17H15ClFNO2S/c1-10-7-12(22-2)4-6-15(10)20-16(21)9-23-17(20)13-5-3-11(19)8-14(13)18/h3-8,17H,9H2,1-2H3. The summed E-state index contributed by atoms with van der Waals surface area (Å²) in [7, 11) is 1.60. The third-order valence-electron chi connectivity index (χ3n) is 3.76. The van der Waals surface area contributed by atoms with E-state index in [-0.39, 0.29) is 17.1 Å². The Hall–Kier alpha value is -1.72. The van der Waals surface area contributed by atoms with Gasteiger partial charge >= 0.3 is 0 Å². The van der Waals surface area contributed by atoms with Crippen LogP contribution in [0.15, 0.2) is 36.4 Å². The number of ether oxygens (including phenoxy) is 1. The molecule has 2 aromatic carbocycles. The number of nitrogens with zero attached hydrogens (tertiary/aromatic N) is 1. The van der Waals surface area contributed by atoms with Crippen molar-refractivity contribution in [3.8, 4) is 5.75 Å². The van der Waals surface area contributed by atoms with Gasteiger partial charge in [-0.2, -0.15) is 0 Å². The van der Waals surface area contributed by atoms with Crippen molar-refractivity contribution < 1.29 is 13.9 Å². The summed E-state index contributed by atoms with van der Waals surface area (Å²) < 4.78 is 18.5. The fourth-order valence-electron chi connectivity index (χ4n) is 2.64. The Labute approximate surface area is 143 Å². The van der Waals surface area contributed by atoms with Crippen molar-refractivity contribution in [1.29, 1.82) is 0 Å². The zero-order chi connectivity index (χ0) is 16.6. The molecule has 3 rings (SSSR count). The van der Waals surface area contributed by atoms with Crippen molar-refractivity contribution in [2.24, 2.45) is 0 Å². The number of methoxy groups -OCH3 is 1. The maximum atomic E-state index is 13.3. The molecule has 3 nitrogen and oxygen atoms in total. The van der Waals surface area contributed by atoms with Crippen LogP contribution in [0.1, 0.15) is 16.5 Å². The normalized spacial score (nSPS) is 17.7. The molecule has 23 heavy (non-hydrogen) atoms. The summed E-state index contributed by atoms with van der Waals surface area (Å²) in [5, 5.41) is 0.0658. The quantitative estimate of drug-likeness (QED) is 0.811. The molecule has 1 fully saturated rings. The number of carbonyl (C=O) groups excluding carboxylic acids is 1. The topological polar surface area (TPSA) is 29.5 Å². The van der Waals surface area contributed by atoms with E-state index in [1.807, 2.05) is 25.1 Å². The number of anilines is 1. The summed E-state index contributed by atoms with van der Waals surface area (Å²) in [4.78, 5) is 14.1. The van der Waals surface area contributed by atoms with Crippen LogP contribution in [0.3, 0.4) is 0 Å². The highest BCUT2D eigenvalue weighted by molar-refractivity contribution is 8.00. The van der Waals surface area contributed by atoms with E-state index in [9.17, 15) is 9.18 Å². The average molecular weight is 352 g/mol. The van der Waals surface area contributed by atoms with Crippen LogP contribution in [0.25, 0.3) is 0 Å². The second-order valence-electron chi connectivity index (χ2n) is 5.25. The molecule has 1 atom stereocenters. The predicted octanol–water partition coefficient (Wildman–Crippen LogP) is 4.57. The van der Waals surface area contributed by atoms with Crippen LogP contribution in [-0.2, 0) is 4.79 Å². The van der Waals surface area contributed by atoms with Gasteiger partial charge < -0.3 is 4.74 Å². The summed E-state index contributed by atoms with van der Waals surface area (Å²) in [5.41, 5.74) is 2.48. The van der Waals surface area contributed by atoms with Gasteiger partial charge in [0.05, 0.1) is 12.9 Å². The summed E-state index contributed by atoms with van der Waals surface area (Å²) in [6.07, 6.45) is 0. The molecule has 1 heterocycles. The molecular formula is C17H15ClFNO2S. The third-order valence-corrected chi connectivity index (χ3v) is 5.28. The van der Waals surface area contributed by atoms with E-state index in [1.165, 1.54) is 23.9 Å². The largest absolute Gasteiger partial charge is 0.497 e. The average Bonchev–Trinajstić information content (AvgIpc) is 2.88. The molecule has 1 aliphatic heterocycles. The maximum Gasteiger partial charge on any atom is 0.238 e. The van der Waals surface area contributed by atoms with Crippen LogP contribution < -0.4 is 9.64 Å². The first-order chi connectivity index (χ1) is 11.0. The van der Waals surface area contributed by atoms with E-state index in [2.05, 4.69) is 0 Å². The zero-order valence-electron chi connectivity index (χ0n) is 12.7. The molecule has 1 amide bonds. The van der Waals surface area contributed by atoms with Crippen molar-refractivity contribution >= 4 is 35.0 Å². The fourth-order valence-corrected chi connectivity index (χ4v) is 4.18. The summed E-state index contributed by atoms with van der Waals surface area (Å²) in [5.74, 6) is 0.722. The van der Waals surface area contributed by atoms with Crippen molar-refractivity contribution in [3.63, 3.8) is 0 Å². The number of halogens is 2. The number of hydrogen-bond donors (Lipinski definition) is 0. The first-order valence-electron chi connectivity index (χ1n) is 7.04. The minimum atomic E-state index is -0.389. The second kappa shape index (κ2) is 6.42. The molecular weight excluding hydrogens is 337 g/mol. The van der Waals surface area contributed by atoms with Crippen LogP contribution in [0.2, 0.25) is 5.02 Å². The number of thioether (sulfide) groups is 1. The minimum Gasteiger partial charge on any atom is -0.497 e. The van der Waals surface area contributed by atoms with E-state index in [0.29, 0.717) is 10.8 Å². The molecule has 0 saturated carbocycles. The number of benzene rings is 2. The lowest BCUT2D eigenvalue weighted by molar-refractivity contribution is -0.115. The molecule has 120 valence electrons. The van der Waals surface area contributed by atoms with Gasteiger partial charge in [0.2, 0.25) is 5.91 Å². The van der Waals surface area contributed by atoms with Gasteiger partial charge in [-0.25, -0.2) is 4.39 Å². The molecule has 1 saturated heterocycles. The Balaban J connectivity index is 2.03. The Kier molecular flexibility index (Phi) is 4.50. The number of hydrogen-bond acceptors (Lipinski definition) is 3. The van der Waals surface area contributed by atoms with Gasteiger partial charge in [0.15, 0.2) is 0 Å². The third kappa shape index (κ3) is 3.03. The van der Waals surface area contributed by atoms with Gasteiger partial charge in [-0.15, -0.1) is 11.8 Å². The lowest BCUT2D eigenvalue weighted by atomic mass is 10.1. The molecule has 0 spiro atoms. The van der Waals surface area contributed by atoms with Crippen molar-refractivity contribution in [3.05, 3.63) is 58.4 Å². The second-order valence-corrected chi connectivity index (χ2v) is 6.72. The van der Waals surface area contributed by atoms with Crippen LogP contribution in [0.5, 0.6) is 5.75 Å². The van der Waals surface area contributed by atoms with Gasteiger partial charge in [0.1, 0.15) is 16.9 Å². The van der Waals surface area contributed by atoms with Crippen LogP contribution in [0.4, 0.5) is 10.1 Å². The SMILES string of the molecule is COc1ccc(N2C(=O)CSC2c2ccc(F)cc2Cl)c(C)c1. The number of carbonyl (C=O) groups is 1. The zero-order valence-corrected chi connectivity index (χ0v) is 14.2.